The molecule has 2 aromatic rings. The van der Waals surface area contributed by atoms with Crippen LogP contribution >= 0.6 is 11.8 Å². The second-order valence-corrected chi connectivity index (χ2v) is 5.83. The van der Waals surface area contributed by atoms with Gasteiger partial charge in [0.05, 0.1) is 24.9 Å². The van der Waals surface area contributed by atoms with Crippen LogP contribution in [0.5, 0.6) is 11.5 Å². The van der Waals surface area contributed by atoms with Gasteiger partial charge in [0.25, 0.3) is 0 Å². The Morgan fingerprint density at radius 1 is 1.22 bits per heavy atom. The molecule has 0 spiro atoms. The number of hydrogen-bond donors (Lipinski definition) is 1. The van der Waals surface area contributed by atoms with E-state index in [-0.39, 0.29) is 5.91 Å². The zero-order valence-corrected chi connectivity index (χ0v) is 14.1. The van der Waals surface area contributed by atoms with Crippen LogP contribution in [0.25, 0.3) is 0 Å². The molecule has 0 saturated carbocycles. The number of nitrogens with zero attached hydrogens (tertiary/aromatic N) is 2. The van der Waals surface area contributed by atoms with Gasteiger partial charge in [0.2, 0.25) is 5.91 Å². The van der Waals surface area contributed by atoms with Crippen molar-refractivity contribution in [2.45, 2.75) is 18.4 Å². The van der Waals surface area contributed by atoms with Crippen molar-refractivity contribution in [3.05, 3.63) is 36.3 Å². The van der Waals surface area contributed by atoms with Gasteiger partial charge in [-0.2, -0.15) is 0 Å². The predicted molar refractivity (Wildman–Crippen MR) is 90.3 cm³/mol. The van der Waals surface area contributed by atoms with Crippen LogP contribution in [0.4, 0.5) is 5.69 Å². The Balaban J connectivity index is 1.87. The van der Waals surface area contributed by atoms with Crippen molar-refractivity contribution in [1.82, 2.24) is 9.97 Å². The average molecular weight is 333 g/mol. The Bertz CT molecular complexity index is 679. The number of hydrogen-bond acceptors (Lipinski definition) is 6. The predicted octanol–water partition coefficient (Wildman–Crippen LogP) is 2.92. The number of nitrogens with one attached hydrogen (secondary N) is 1. The molecule has 0 atom stereocenters. The van der Waals surface area contributed by atoms with Gasteiger partial charge in [-0.1, -0.05) is 0 Å². The van der Waals surface area contributed by atoms with Gasteiger partial charge in [-0.15, -0.1) is 11.8 Å². The molecule has 0 aliphatic carbocycles. The summed E-state index contributed by atoms with van der Waals surface area (Å²) >= 11 is 1.53. The zero-order valence-electron chi connectivity index (χ0n) is 13.3. The number of aryl methyl sites for hydroxylation is 1. The number of amides is 1. The maximum absolute atomic E-state index is 12.0. The van der Waals surface area contributed by atoms with Crippen LogP contribution in [0, 0.1) is 6.92 Å². The minimum atomic E-state index is -0.0771. The van der Waals surface area contributed by atoms with Crippen molar-refractivity contribution in [3.63, 3.8) is 0 Å². The van der Waals surface area contributed by atoms with E-state index in [1.807, 2.05) is 13.0 Å². The third-order valence-electron chi connectivity index (χ3n) is 3.04. The van der Waals surface area contributed by atoms with E-state index < -0.39 is 0 Å². The molecule has 0 saturated heterocycles. The zero-order chi connectivity index (χ0) is 16.7. The van der Waals surface area contributed by atoms with Crippen molar-refractivity contribution in [3.8, 4) is 11.5 Å². The molecular weight excluding hydrogens is 314 g/mol. The Labute approximate surface area is 139 Å². The van der Waals surface area contributed by atoms with Gasteiger partial charge in [0.15, 0.2) is 0 Å². The number of methoxy groups -OCH3 is 2. The smallest absolute Gasteiger partial charge is 0.225 e. The Kier molecular flexibility index (Phi) is 6.22. The lowest BCUT2D eigenvalue weighted by Gasteiger charge is -2.11. The number of anilines is 1. The summed E-state index contributed by atoms with van der Waals surface area (Å²) in [6.45, 7) is 1.91. The monoisotopic (exact) mass is 333 g/mol. The number of carbonyl (C=O) groups is 1. The molecular formula is C16H19N3O3S. The van der Waals surface area contributed by atoms with E-state index in [4.69, 9.17) is 9.47 Å². The van der Waals surface area contributed by atoms with Gasteiger partial charge < -0.3 is 14.8 Å². The fourth-order valence-corrected chi connectivity index (χ4v) is 2.74. The van der Waals surface area contributed by atoms with E-state index in [1.54, 1.807) is 32.4 Å². The molecule has 0 bridgehead atoms. The van der Waals surface area contributed by atoms with Crippen LogP contribution in [0.2, 0.25) is 0 Å². The number of aromatic nitrogens is 2. The van der Waals surface area contributed by atoms with E-state index in [9.17, 15) is 4.79 Å². The van der Waals surface area contributed by atoms with E-state index in [0.29, 0.717) is 29.4 Å². The summed E-state index contributed by atoms with van der Waals surface area (Å²) in [5.74, 6) is 1.80. The lowest BCUT2D eigenvalue weighted by molar-refractivity contribution is -0.115. The molecule has 1 amide bonds. The molecule has 1 N–H and O–H groups in total. The first kappa shape index (κ1) is 17.1. The largest absolute Gasteiger partial charge is 0.497 e. The van der Waals surface area contributed by atoms with Gasteiger partial charge in [-0.3, -0.25) is 4.79 Å². The minimum absolute atomic E-state index is 0.0771. The van der Waals surface area contributed by atoms with Gasteiger partial charge in [-0.25, -0.2) is 9.97 Å². The number of ether oxygens (including phenoxy) is 2. The Hall–Kier alpha value is -2.28. The highest BCUT2D eigenvalue weighted by Gasteiger charge is 2.09. The number of rotatable bonds is 7. The third-order valence-corrected chi connectivity index (χ3v) is 3.97. The molecule has 23 heavy (non-hydrogen) atoms. The van der Waals surface area contributed by atoms with Crippen LogP contribution in [-0.2, 0) is 4.79 Å². The lowest BCUT2D eigenvalue weighted by Crippen LogP contribution is -2.13. The molecule has 0 fully saturated rings. The molecule has 0 radical (unpaired) electrons. The summed E-state index contributed by atoms with van der Waals surface area (Å²) in [5.41, 5.74) is 1.54. The van der Waals surface area contributed by atoms with Crippen LogP contribution in [0.3, 0.4) is 0 Å². The van der Waals surface area contributed by atoms with Crippen molar-refractivity contribution in [1.29, 1.82) is 0 Å². The molecule has 0 aliphatic heterocycles. The van der Waals surface area contributed by atoms with Gasteiger partial charge in [0.1, 0.15) is 17.8 Å². The summed E-state index contributed by atoms with van der Waals surface area (Å²) < 4.78 is 10.4. The molecule has 7 heteroatoms. The fraction of sp³-hybridized carbons (Fsp3) is 0.312. The summed E-state index contributed by atoms with van der Waals surface area (Å²) in [5, 5.41) is 3.71. The summed E-state index contributed by atoms with van der Waals surface area (Å²) in [7, 11) is 3.14. The number of carbonyl (C=O) groups excluding carboxylic acids is 1. The normalized spacial score (nSPS) is 10.2. The summed E-state index contributed by atoms with van der Waals surface area (Å²) in [6, 6.07) is 7.16. The summed E-state index contributed by atoms with van der Waals surface area (Å²) in [4.78, 5) is 20.2. The first-order chi connectivity index (χ1) is 11.1. The molecule has 1 heterocycles. The summed E-state index contributed by atoms with van der Waals surface area (Å²) in [6.07, 6.45) is 1.91. The third kappa shape index (κ3) is 5.14. The standard InChI is InChI=1S/C16H19N3O3S/c1-11-8-16(18-10-17-11)23-7-6-15(20)19-13-5-4-12(21-2)9-14(13)22-3/h4-5,8-10H,6-7H2,1-3H3,(H,19,20). The minimum Gasteiger partial charge on any atom is -0.497 e. The number of thioether (sulfide) groups is 1. The topological polar surface area (TPSA) is 73.3 Å². The highest BCUT2D eigenvalue weighted by atomic mass is 32.2. The second-order valence-electron chi connectivity index (χ2n) is 4.71. The average Bonchev–Trinajstić information content (AvgIpc) is 2.55. The quantitative estimate of drug-likeness (QED) is 0.620. The van der Waals surface area contributed by atoms with Crippen molar-refractivity contribution in [2.24, 2.45) is 0 Å². The molecule has 0 aliphatic rings. The van der Waals surface area contributed by atoms with Crippen molar-refractivity contribution in [2.75, 3.05) is 25.3 Å². The molecule has 122 valence electrons. The van der Waals surface area contributed by atoms with Gasteiger partial charge in [0, 0.05) is 23.9 Å². The fourth-order valence-electron chi connectivity index (χ4n) is 1.87. The second kappa shape index (κ2) is 8.38. The maximum Gasteiger partial charge on any atom is 0.225 e. The van der Waals surface area contributed by atoms with E-state index in [2.05, 4.69) is 15.3 Å². The van der Waals surface area contributed by atoms with Crippen LogP contribution < -0.4 is 14.8 Å². The highest BCUT2D eigenvalue weighted by molar-refractivity contribution is 7.99. The van der Waals surface area contributed by atoms with Crippen molar-refractivity contribution < 1.29 is 14.3 Å². The van der Waals surface area contributed by atoms with Crippen LogP contribution in [-0.4, -0.2) is 35.8 Å². The highest BCUT2D eigenvalue weighted by Crippen LogP contribution is 2.29. The van der Waals surface area contributed by atoms with Crippen LogP contribution in [0.1, 0.15) is 12.1 Å². The molecule has 6 nitrogen and oxygen atoms in total. The van der Waals surface area contributed by atoms with E-state index in [1.165, 1.54) is 18.1 Å². The van der Waals surface area contributed by atoms with E-state index in [0.717, 1.165) is 10.7 Å². The van der Waals surface area contributed by atoms with E-state index >= 15 is 0 Å². The number of benzene rings is 1. The SMILES string of the molecule is COc1ccc(NC(=O)CCSc2cc(C)ncn2)c(OC)c1. The first-order valence-corrected chi connectivity index (χ1v) is 8.04. The maximum atomic E-state index is 12.0. The van der Waals surface area contributed by atoms with Gasteiger partial charge in [-0.05, 0) is 25.1 Å². The first-order valence-electron chi connectivity index (χ1n) is 7.05. The Morgan fingerprint density at radius 2 is 2.04 bits per heavy atom. The molecule has 1 aromatic carbocycles. The Morgan fingerprint density at radius 3 is 2.74 bits per heavy atom. The molecule has 1 aromatic heterocycles. The van der Waals surface area contributed by atoms with Gasteiger partial charge >= 0.3 is 0 Å². The molecule has 2 rings (SSSR count). The molecule has 0 unspecified atom stereocenters. The lowest BCUT2D eigenvalue weighted by atomic mass is 10.2. The van der Waals surface area contributed by atoms with Crippen molar-refractivity contribution >= 4 is 23.4 Å². The van der Waals surface area contributed by atoms with Crippen LogP contribution in [0.15, 0.2) is 35.6 Å².